The first-order valence-electron chi connectivity index (χ1n) is 5.59. The number of aliphatic imine (C=N–C) groups is 1. The quantitative estimate of drug-likeness (QED) is 0.399. The van der Waals surface area contributed by atoms with Gasteiger partial charge in [-0.25, -0.2) is 4.85 Å². The average Bonchev–Trinajstić information content (AvgIpc) is 2.46. The highest BCUT2D eigenvalue weighted by Gasteiger charge is 2.08. The van der Waals surface area contributed by atoms with Crippen LogP contribution in [0.25, 0.3) is 4.85 Å². The summed E-state index contributed by atoms with van der Waals surface area (Å²) >= 11 is 0. The van der Waals surface area contributed by atoms with Crippen molar-refractivity contribution >= 4 is 23.3 Å². The summed E-state index contributed by atoms with van der Waals surface area (Å²) in [6.45, 7) is 6.83. The van der Waals surface area contributed by atoms with Crippen LogP contribution in [0.2, 0.25) is 0 Å². The molecule has 0 fully saturated rings. The van der Waals surface area contributed by atoms with Gasteiger partial charge in [-0.15, -0.1) is 0 Å². The van der Waals surface area contributed by atoms with Crippen molar-refractivity contribution in [2.75, 3.05) is 0 Å². The molecule has 2 aromatic carbocycles. The summed E-state index contributed by atoms with van der Waals surface area (Å²) in [6, 6.07) is 10.3. The Balaban J connectivity index is 2.28. The van der Waals surface area contributed by atoms with Gasteiger partial charge in [-0.1, -0.05) is 12.1 Å². The summed E-state index contributed by atoms with van der Waals surface area (Å²) in [7, 11) is 0. The lowest BCUT2D eigenvalue weighted by molar-refractivity contribution is -0.384. The number of aromatic hydroxyl groups is 1. The van der Waals surface area contributed by atoms with E-state index in [1.165, 1.54) is 24.4 Å². The Morgan fingerprint density at radius 1 is 1.25 bits per heavy atom. The molecule has 2 aromatic rings. The van der Waals surface area contributed by atoms with Crippen LogP contribution in [-0.2, 0) is 0 Å². The lowest BCUT2D eigenvalue weighted by Crippen LogP contribution is -1.90. The van der Waals surface area contributed by atoms with Crippen molar-refractivity contribution in [2.24, 2.45) is 4.99 Å². The smallest absolute Gasteiger partial charge is 0.270 e. The van der Waals surface area contributed by atoms with Gasteiger partial charge in [0.1, 0.15) is 5.75 Å². The molecular formula is C14H9N3O3. The summed E-state index contributed by atoms with van der Waals surface area (Å²) in [5.41, 5.74) is 1.23. The molecule has 0 atom stereocenters. The summed E-state index contributed by atoms with van der Waals surface area (Å²) in [5, 5.41) is 20.3. The Labute approximate surface area is 114 Å². The molecule has 0 aliphatic heterocycles. The molecule has 0 aromatic heterocycles. The third kappa shape index (κ3) is 2.97. The minimum atomic E-state index is -0.540. The molecular weight excluding hydrogens is 258 g/mol. The first kappa shape index (κ1) is 13.2. The molecule has 0 spiro atoms. The van der Waals surface area contributed by atoms with Crippen LogP contribution in [0, 0.1) is 16.7 Å². The lowest BCUT2D eigenvalue weighted by Gasteiger charge is -1.99. The second kappa shape index (κ2) is 5.63. The van der Waals surface area contributed by atoms with E-state index in [1.54, 1.807) is 24.3 Å². The molecule has 0 aliphatic carbocycles. The van der Waals surface area contributed by atoms with E-state index in [4.69, 9.17) is 6.57 Å². The maximum atomic E-state index is 10.7. The monoisotopic (exact) mass is 267 g/mol. The Bertz CT molecular complexity index is 715. The molecule has 0 saturated heterocycles. The van der Waals surface area contributed by atoms with Crippen LogP contribution < -0.4 is 0 Å². The number of phenolic OH excluding ortho intramolecular Hbond substituents is 1. The number of hydrogen-bond acceptors (Lipinski definition) is 4. The molecule has 2 rings (SSSR count). The van der Waals surface area contributed by atoms with Crippen LogP contribution in [0.4, 0.5) is 17.1 Å². The molecule has 0 unspecified atom stereocenters. The predicted octanol–water partition coefficient (Wildman–Crippen LogP) is 3.60. The molecule has 0 saturated carbocycles. The summed E-state index contributed by atoms with van der Waals surface area (Å²) in [5.74, 6) is -0.0860. The van der Waals surface area contributed by atoms with Crippen molar-refractivity contribution in [3.8, 4) is 5.75 Å². The number of rotatable bonds is 3. The highest BCUT2D eigenvalue weighted by Crippen LogP contribution is 2.23. The van der Waals surface area contributed by atoms with Gasteiger partial charge in [0.25, 0.3) is 5.69 Å². The van der Waals surface area contributed by atoms with Crippen LogP contribution in [-0.4, -0.2) is 16.2 Å². The number of nitro groups is 1. The summed E-state index contributed by atoms with van der Waals surface area (Å²) in [4.78, 5) is 17.5. The Kier molecular flexibility index (Phi) is 3.72. The van der Waals surface area contributed by atoms with E-state index in [2.05, 4.69) is 9.84 Å². The zero-order valence-electron chi connectivity index (χ0n) is 10.2. The number of benzene rings is 2. The number of non-ortho nitro benzene ring substituents is 1. The molecule has 0 amide bonds. The van der Waals surface area contributed by atoms with E-state index in [0.29, 0.717) is 11.4 Å². The van der Waals surface area contributed by atoms with Crippen molar-refractivity contribution in [3.63, 3.8) is 0 Å². The normalized spacial score (nSPS) is 10.3. The zero-order chi connectivity index (χ0) is 14.5. The fourth-order valence-electron chi connectivity index (χ4n) is 1.52. The highest BCUT2D eigenvalue weighted by molar-refractivity contribution is 5.86. The number of nitrogens with zero attached hydrogens (tertiary/aromatic N) is 3. The van der Waals surface area contributed by atoms with E-state index < -0.39 is 4.92 Å². The fourth-order valence-corrected chi connectivity index (χ4v) is 1.52. The van der Waals surface area contributed by atoms with Crippen molar-refractivity contribution < 1.29 is 10.0 Å². The molecule has 0 heterocycles. The van der Waals surface area contributed by atoms with E-state index in [9.17, 15) is 15.2 Å². The maximum absolute atomic E-state index is 10.7. The molecule has 20 heavy (non-hydrogen) atoms. The largest absolute Gasteiger partial charge is 0.507 e. The van der Waals surface area contributed by atoms with Gasteiger partial charge in [0.15, 0.2) is 5.69 Å². The fraction of sp³-hybridized carbons (Fsp3) is 0. The third-order valence-electron chi connectivity index (χ3n) is 2.55. The molecule has 0 radical (unpaired) electrons. The highest BCUT2D eigenvalue weighted by atomic mass is 16.6. The first-order valence-corrected chi connectivity index (χ1v) is 5.59. The minimum Gasteiger partial charge on any atom is -0.507 e. The van der Waals surface area contributed by atoms with Gasteiger partial charge >= 0.3 is 0 Å². The van der Waals surface area contributed by atoms with Gasteiger partial charge in [-0.05, 0) is 18.2 Å². The van der Waals surface area contributed by atoms with Crippen molar-refractivity contribution in [1.29, 1.82) is 0 Å². The van der Waals surface area contributed by atoms with E-state index in [0.717, 1.165) is 0 Å². The number of nitro benzene ring substituents is 1. The summed E-state index contributed by atoms with van der Waals surface area (Å²) in [6.07, 6.45) is 1.34. The predicted molar refractivity (Wildman–Crippen MR) is 74.7 cm³/mol. The topological polar surface area (TPSA) is 80.1 Å². The van der Waals surface area contributed by atoms with E-state index in [1.807, 2.05) is 0 Å². The van der Waals surface area contributed by atoms with Crippen molar-refractivity contribution in [1.82, 2.24) is 0 Å². The molecule has 6 heteroatoms. The van der Waals surface area contributed by atoms with Gasteiger partial charge in [-0.2, -0.15) is 0 Å². The van der Waals surface area contributed by atoms with Gasteiger partial charge in [0.05, 0.1) is 17.2 Å². The summed E-state index contributed by atoms with van der Waals surface area (Å²) < 4.78 is 0. The zero-order valence-corrected chi connectivity index (χ0v) is 10.2. The second-order valence-electron chi connectivity index (χ2n) is 3.89. The lowest BCUT2D eigenvalue weighted by atomic mass is 10.2. The molecule has 98 valence electrons. The van der Waals surface area contributed by atoms with Gasteiger partial charge in [0, 0.05) is 23.9 Å². The number of hydrogen-bond donors (Lipinski definition) is 1. The van der Waals surface area contributed by atoms with Gasteiger partial charge in [-0.3, -0.25) is 15.1 Å². The van der Waals surface area contributed by atoms with Crippen LogP contribution >= 0.6 is 0 Å². The molecule has 0 bridgehead atoms. The molecule has 0 aliphatic rings. The SMILES string of the molecule is [C-]#[N+]c1ccc(N=Cc2cc([N+](=O)[O-])ccc2O)cc1. The Morgan fingerprint density at radius 2 is 1.95 bits per heavy atom. The second-order valence-corrected chi connectivity index (χ2v) is 3.89. The van der Waals surface area contributed by atoms with E-state index >= 15 is 0 Å². The van der Waals surface area contributed by atoms with Crippen LogP contribution in [0.3, 0.4) is 0 Å². The maximum Gasteiger partial charge on any atom is 0.270 e. The standard InChI is InChI=1S/C14H9N3O3/c1-15-11-2-4-12(5-3-11)16-9-10-8-13(17(19)20)6-7-14(10)18/h2-9,18H. The first-order chi connectivity index (χ1) is 9.60. The van der Waals surface area contributed by atoms with E-state index in [-0.39, 0.29) is 17.0 Å². The number of phenols is 1. The van der Waals surface area contributed by atoms with Crippen LogP contribution in [0.1, 0.15) is 5.56 Å². The van der Waals surface area contributed by atoms with Crippen molar-refractivity contribution in [2.45, 2.75) is 0 Å². The van der Waals surface area contributed by atoms with Crippen LogP contribution in [0.15, 0.2) is 47.5 Å². The third-order valence-corrected chi connectivity index (χ3v) is 2.55. The minimum absolute atomic E-state index is 0.0860. The van der Waals surface area contributed by atoms with Crippen LogP contribution in [0.5, 0.6) is 5.75 Å². The van der Waals surface area contributed by atoms with Gasteiger partial charge < -0.3 is 5.11 Å². The molecule has 6 nitrogen and oxygen atoms in total. The Morgan fingerprint density at radius 3 is 2.55 bits per heavy atom. The Hall–Kier alpha value is -3.20. The van der Waals surface area contributed by atoms with Crippen molar-refractivity contribution in [3.05, 3.63) is 69.6 Å². The molecule has 1 N–H and O–H groups in total. The van der Waals surface area contributed by atoms with Gasteiger partial charge in [0.2, 0.25) is 0 Å². The average molecular weight is 267 g/mol.